The summed E-state index contributed by atoms with van der Waals surface area (Å²) >= 11 is 6.07. The predicted octanol–water partition coefficient (Wildman–Crippen LogP) is 4.09. The molecule has 0 fully saturated rings. The maximum Gasteiger partial charge on any atom is 0.0525 e. The van der Waals surface area contributed by atoms with Crippen LogP contribution in [0.3, 0.4) is 0 Å². The molecule has 1 unspecified atom stereocenters. The van der Waals surface area contributed by atoms with E-state index >= 15 is 0 Å². The highest BCUT2D eigenvalue weighted by Gasteiger charge is 2.15. The number of benzene rings is 1. The Balaban J connectivity index is 2.42. The molecule has 0 heterocycles. The summed E-state index contributed by atoms with van der Waals surface area (Å²) in [5.74, 6) is 0. The third kappa shape index (κ3) is 1.72. The molecule has 1 aromatic carbocycles. The van der Waals surface area contributed by atoms with E-state index in [4.69, 9.17) is 11.6 Å². The first-order valence-corrected chi connectivity index (χ1v) is 5.53. The van der Waals surface area contributed by atoms with E-state index in [1.807, 2.05) is 0 Å². The topological polar surface area (TPSA) is 0 Å². The number of aryl methyl sites for hydroxylation is 1. The molecule has 74 valence electrons. The fourth-order valence-corrected chi connectivity index (χ4v) is 2.26. The summed E-state index contributed by atoms with van der Waals surface area (Å²) in [6, 6.07) is 6.48. The first-order valence-electron chi connectivity index (χ1n) is 5.10. The SMILES string of the molecule is Cc1cccc(C2=CC(Cl)CC2)c1C. The van der Waals surface area contributed by atoms with Gasteiger partial charge in [-0.15, -0.1) is 11.6 Å². The third-order valence-corrected chi connectivity index (χ3v) is 3.37. The average Bonchev–Trinajstić information content (AvgIpc) is 2.57. The Hall–Kier alpha value is -0.750. The molecule has 14 heavy (non-hydrogen) atoms. The van der Waals surface area contributed by atoms with Crippen molar-refractivity contribution >= 4 is 17.2 Å². The third-order valence-electron chi connectivity index (χ3n) is 3.02. The van der Waals surface area contributed by atoms with Crippen LogP contribution in [-0.4, -0.2) is 5.38 Å². The van der Waals surface area contributed by atoms with Crippen LogP contribution >= 0.6 is 11.6 Å². The second kappa shape index (κ2) is 3.78. The number of allylic oxidation sites excluding steroid dienone is 2. The van der Waals surface area contributed by atoms with Crippen LogP contribution in [0.4, 0.5) is 0 Å². The minimum atomic E-state index is 0.241. The van der Waals surface area contributed by atoms with Crippen LogP contribution < -0.4 is 0 Å². The molecule has 0 bridgehead atoms. The standard InChI is InChI=1S/C13H15Cl/c1-9-4-3-5-13(10(9)2)11-6-7-12(14)8-11/h3-5,8,12H,6-7H2,1-2H3. The zero-order chi connectivity index (χ0) is 10.1. The molecule has 0 amide bonds. The first kappa shape index (κ1) is 9.79. The smallest absolute Gasteiger partial charge is 0.0525 e. The lowest BCUT2D eigenvalue weighted by molar-refractivity contribution is 0.941. The highest BCUT2D eigenvalue weighted by Crippen LogP contribution is 2.32. The average molecular weight is 207 g/mol. The Labute approximate surface area is 90.6 Å². The predicted molar refractivity (Wildman–Crippen MR) is 62.8 cm³/mol. The summed E-state index contributed by atoms with van der Waals surface area (Å²) < 4.78 is 0. The van der Waals surface area contributed by atoms with Gasteiger partial charge in [0.05, 0.1) is 5.38 Å². The first-order chi connectivity index (χ1) is 6.68. The quantitative estimate of drug-likeness (QED) is 0.608. The van der Waals surface area contributed by atoms with Crippen molar-refractivity contribution in [3.05, 3.63) is 41.0 Å². The van der Waals surface area contributed by atoms with Crippen molar-refractivity contribution in [1.29, 1.82) is 0 Å². The number of hydrogen-bond donors (Lipinski definition) is 0. The molecule has 0 radical (unpaired) electrons. The van der Waals surface area contributed by atoms with Gasteiger partial charge in [0.2, 0.25) is 0 Å². The van der Waals surface area contributed by atoms with Crippen LogP contribution in [0.5, 0.6) is 0 Å². The molecule has 0 nitrogen and oxygen atoms in total. The number of hydrogen-bond acceptors (Lipinski definition) is 0. The van der Waals surface area contributed by atoms with Gasteiger partial charge in [-0.05, 0) is 49.0 Å². The van der Waals surface area contributed by atoms with Crippen molar-refractivity contribution in [2.75, 3.05) is 0 Å². The van der Waals surface area contributed by atoms with Crippen LogP contribution in [-0.2, 0) is 0 Å². The normalized spacial score (nSPS) is 21.1. The minimum Gasteiger partial charge on any atom is -0.118 e. The molecule has 2 rings (SSSR count). The maximum atomic E-state index is 6.07. The molecule has 0 saturated heterocycles. The van der Waals surface area contributed by atoms with E-state index in [0.717, 1.165) is 12.8 Å². The summed E-state index contributed by atoms with van der Waals surface area (Å²) in [7, 11) is 0. The highest BCUT2D eigenvalue weighted by molar-refractivity contribution is 6.22. The zero-order valence-corrected chi connectivity index (χ0v) is 9.43. The second-order valence-corrected chi connectivity index (χ2v) is 4.55. The molecule has 0 aliphatic heterocycles. The zero-order valence-electron chi connectivity index (χ0n) is 8.68. The van der Waals surface area contributed by atoms with E-state index < -0.39 is 0 Å². The maximum absolute atomic E-state index is 6.07. The lowest BCUT2D eigenvalue weighted by Gasteiger charge is -2.08. The van der Waals surface area contributed by atoms with Crippen LogP contribution in [0.1, 0.15) is 29.5 Å². The Bertz CT molecular complexity index is 377. The second-order valence-electron chi connectivity index (χ2n) is 3.99. The van der Waals surface area contributed by atoms with Gasteiger partial charge in [-0.2, -0.15) is 0 Å². The Kier molecular flexibility index (Phi) is 2.64. The van der Waals surface area contributed by atoms with E-state index in [9.17, 15) is 0 Å². The van der Waals surface area contributed by atoms with E-state index in [2.05, 4.69) is 38.1 Å². The van der Waals surface area contributed by atoms with E-state index in [1.165, 1.54) is 22.3 Å². The molecule has 1 atom stereocenters. The van der Waals surface area contributed by atoms with E-state index in [1.54, 1.807) is 0 Å². The Morgan fingerprint density at radius 2 is 2.07 bits per heavy atom. The fourth-order valence-electron chi connectivity index (χ4n) is 2.00. The van der Waals surface area contributed by atoms with E-state index in [0.29, 0.717) is 0 Å². The van der Waals surface area contributed by atoms with Crippen molar-refractivity contribution in [3.8, 4) is 0 Å². The van der Waals surface area contributed by atoms with Crippen LogP contribution in [0.15, 0.2) is 24.3 Å². The highest BCUT2D eigenvalue weighted by atomic mass is 35.5. The molecule has 0 N–H and O–H groups in total. The van der Waals surface area contributed by atoms with Crippen LogP contribution in [0.25, 0.3) is 5.57 Å². The number of rotatable bonds is 1. The van der Waals surface area contributed by atoms with Crippen molar-refractivity contribution < 1.29 is 0 Å². The summed E-state index contributed by atoms with van der Waals surface area (Å²) in [5.41, 5.74) is 5.56. The van der Waals surface area contributed by atoms with Gasteiger partial charge in [-0.3, -0.25) is 0 Å². The summed E-state index contributed by atoms with van der Waals surface area (Å²) in [6.07, 6.45) is 4.41. The van der Waals surface area contributed by atoms with Crippen LogP contribution in [0.2, 0.25) is 0 Å². The Morgan fingerprint density at radius 3 is 2.71 bits per heavy atom. The van der Waals surface area contributed by atoms with Gasteiger partial charge in [0.25, 0.3) is 0 Å². The molecule has 0 spiro atoms. The van der Waals surface area contributed by atoms with Crippen molar-refractivity contribution in [3.63, 3.8) is 0 Å². The summed E-state index contributed by atoms with van der Waals surface area (Å²) in [6.45, 7) is 4.35. The molecule has 0 saturated carbocycles. The summed E-state index contributed by atoms with van der Waals surface area (Å²) in [5, 5.41) is 0.241. The van der Waals surface area contributed by atoms with Gasteiger partial charge < -0.3 is 0 Å². The molecular weight excluding hydrogens is 192 g/mol. The molecule has 1 aliphatic rings. The van der Waals surface area contributed by atoms with Crippen LogP contribution in [0, 0.1) is 13.8 Å². The molecular formula is C13H15Cl. The Morgan fingerprint density at radius 1 is 1.29 bits per heavy atom. The molecule has 1 heteroatoms. The fraction of sp³-hybridized carbons (Fsp3) is 0.385. The monoisotopic (exact) mass is 206 g/mol. The van der Waals surface area contributed by atoms with Gasteiger partial charge in [-0.25, -0.2) is 0 Å². The van der Waals surface area contributed by atoms with Gasteiger partial charge in [0, 0.05) is 0 Å². The summed E-state index contributed by atoms with van der Waals surface area (Å²) in [4.78, 5) is 0. The van der Waals surface area contributed by atoms with Gasteiger partial charge >= 0.3 is 0 Å². The van der Waals surface area contributed by atoms with Crippen molar-refractivity contribution in [2.45, 2.75) is 32.1 Å². The minimum absolute atomic E-state index is 0.241. The van der Waals surface area contributed by atoms with Gasteiger partial charge in [0.15, 0.2) is 0 Å². The molecule has 1 aromatic rings. The molecule has 1 aliphatic carbocycles. The number of alkyl halides is 1. The number of halogens is 1. The lowest BCUT2D eigenvalue weighted by atomic mass is 9.97. The lowest BCUT2D eigenvalue weighted by Crippen LogP contribution is -1.89. The van der Waals surface area contributed by atoms with Gasteiger partial charge in [0.1, 0.15) is 0 Å². The van der Waals surface area contributed by atoms with Crippen molar-refractivity contribution in [1.82, 2.24) is 0 Å². The largest absolute Gasteiger partial charge is 0.118 e. The van der Waals surface area contributed by atoms with E-state index in [-0.39, 0.29) is 5.38 Å². The van der Waals surface area contributed by atoms with Gasteiger partial charge in [-0.1, -0.05) is 24.3 Å². The molecule has 0 aromatic heterocycles. The van der Waals surface area contributed by atoms with Crippen molar-refractivity contribution in [2.24, 2.45) is 0 Å².